The van der Waals surface area contributed by atoms with E-state index in [1.54, 1.807) is 12.1 Å². The Hall–Kier alpha value is -1.39. The molecule has 1 aromatic carbocycles. The Balaban J connectivity index is 1.70. The smallest absolute Gasteiger partial charge is 0.289 e. The van der Waals surface area contributed by atoms with Gasteiger partial charge in [-0.25, -0.2) is 0 Å². The highest BCUT2D eigenvalue weighted by Crippen LogP contribution is 2.37. The van der Waals surface area contributed by atoms with Gasteiger partial charge in [0.2, 0.25) is 0 Å². The molecule has 0 spiro atoms. The van der Waals surface area contributed by atoms with Crippen molar-refractivity contribution >= 4 is 29.3 Å². The zero-order valence-corrected chi connectivity index (χ0v) is 13.1. The summed E-state index contributed by atoms with van der Waals surface area (Å²) >= 11 is 8.14. The van der Waals surface area contributed by atoms with E-state index in [9.17, 15) is 4.79 Å². The first-order chi connectivity index (χ1) is 10.3. The van der Waals surface area contributed by atoms with E-state index in [1.165, 1.54) is 6.26 Å². The molecular weight excluding hydrogens is 306 g/mol. The third kappa shape index (κ3) is 3.27. The molecule has 5 heteroatoms. The summed E-state index contributed by atoms with van der Waals surface area (Å²) < 4.78 is 5.20. The minimum absolute atomic E-state index is 0.0274. The lowest BCUT2D eigenvalue weighted by Gasteiger charge is -2.19. The van der Waals surface area contributed by atoms with E-state index < -0.39 is 0 Å². The molecule has 1 fully saturated rings. The van der Waals surface area contributed by atoms with Crippen LogP contribution in [0.5, 0.6) is 0 Å². The predicted molar refractivity (Wildman–Crippen MR) is 85.9 cm³/mol. The van der Waals surface area contributed by atoms with E-state index in [2.05, 4.69) is 6.07 Å². The summed E-state index contributed by atoms with van der Waals surface area (Å²) in [5.74, 6) is 1.29. The molecule has 110 valence electrons. The minimum atomic E-state index is -0.0274. The Morgan fingerprint density at radius 2 is 2.10 bits per heavy atom. The van der Waals surface area contributed by atoms with E-state index in [0.717, 1.165) is 35.8 Å². The Kier molecular flexibility index (Phi) is 4.56. The van der Waals surface area contributed by atoms with Gasteiger partial charge in [0.05, 0.1) is 6.26 Å². The van der Waals surface area contributed by atoms with Crippen LogP contribution >= 0.6 is 23.4 Å². The van der Waals surface area contributed by atoms with Crippen molar-refractivity contribution in [1.82, 2.24) is 4.90 Å². The van der Waals surface area contributed by atoms with Crippen LogP contribution in [0.15, 0.2) is 47.1 Å². The molecule has 0 saturated carbocycles. The van der Waals surface area contributed by atoms with E-state index in [4.69, 9.17) is 16.0 Å². The van der Waals surface area contributed by atoms with Crippen molar-refractivity contribution in [3.8, 4) is 0 Å². The molecular formula is C16H16ClNO2S. The molecule has 21 heavy (non-hydrogen) atoms. The quantitative estimate of drug-likeness (QED) is 0.829. The van der Waals surface area contributed by atoms with E-state index >= 15 is 0 Å². The third-order valence-corrected chi connectivity index (χ3v) is 5.27. The maximum Gasteiger partial charge on any atom is 0.289 e. The Labute approximate surface area is 133 Å². The first kappa shape index (κ1) is 14.5. The molecule has 1 atom stereocenters. The standard InChI is InChI=1S/C16H16ClNO2S/c17-13-5-2-1-4-12(13)15-7-8-18(9-11-21-15)16(19)14-6-3-10-20-14/h1-6,10,15H,7-9,11H2/t15-/m0/s1. The van der Waals surface area contributed by atoms with Gasteiger partial charge in [-0.15, -0.1) is 0 Å². The highest BCUT2D eigenvalue weighted by atomic mass is 35.5. The Morgan fingerprint density at radius 1 is 1.24 bits per heavy atom. The average molecular weight is 322 g/mol. The normalized spacial score (nSPS) is 19.3. The van der Waals surface area contributed by atoms with Crippen LogP contribution in [0.3, 0.4) is 0 Å². The molecule has 1 aromatic heterocycles. The number of carbonyl (C=O) groups excluding carboxylic acids is 1. The monoisotopic (exact) mass is 321 g/mol. The Morgan fingerprint density at radius 3 is 2.86 bits per heavy atom. The Bertz CT molecular complexity index is 614. The van der Waals surface area contributed by atoms with Crippen LogP contribution in [0.25, 0.3) is 0 Å². The van der Waals surface area contributed by atoms with Gasteiger partial charge in [-0.3, -0.25) is 4.79 Å². The van der Waals surface area contributed by atoms with Crippen LogP contribution in [-0.4, -0.2) is 29.6 Å². The lowest BCUT2D eigenvalue weighted by atomic mass is 10.1. The van der Waals surface area contributed by atoms with Crippen molar-refractivity contribution in [1.29, 1.82) is 0 Å². The summed E-state index contributed by atoms with van der Waals surface area (Å²) in [5, 5.41) is 1.15. The van der Waals surface area contributed by atoms with Gasteiger partial charge in [-0.05, 0) is 30.2 Å². The molecule has 1 saturated heterocycles. The number of thioether (sulfide) groups is 1. The molecule has 0 bridgehead atoms. The summed E-state index contributed by atoms with van der Waals surface area (Å²) in [4.78, 5) is 14.2. The molecule has 1 aliphatic rings. The number of hydrogen-bond acceptors (Lipinski definition) is 3. The number of halogens is 1. The van der Waals surface area contributed by atoms with Crippen molar-refractivity contribution in [2.24, 2.45) is 0 Å². The van der Waals surface area contributed by atoms with Crippen LogP contribution in [0, 0.1) is 0 Å². The highest BCUT2D eigenvalue weighted by Gasteiger charge is 2.24. The molecule has 2 aromatic rings. The first-order valence-corrected chi connectivity index (χ1v) is 8.37. The van der Waals surface area contributed by atoms with Crippen molar-refractivity contribution < 1.29 is 9.21 Å². The number of hydrogen-bond donors (Lipinski definition) is 0. The summed E-state index contributed by atoms with van der Waals surface area (Å²) in [6.07, 6.45) is 2.44. The van der Waals surface area contributed by atoms with Crippen molar-refractivity contribution in [3.05, 3.63) is 59.0 Å². The van der Waals surface area contributed by atoms with Gasteiger partial charge in [-0.2, -0.15) is 11.8 Å². The molecule has 3 rings (SSSR count). The maximum atomic E-state index is 12.3. The average Bonchev–Trinajstić information content (AvgIpc) is 2.92. The van der Waals surface area contributed by atoms with Gasteiger partial charge in [0, 0.05) is 29.1 Å². The fraction of sp³-hybridized carbons (Fsp3) is 0.312. The SMILES string of the molecule is O=C(c1ccco1)N1CCS[C@H](c2ccccc2Cl)CC1. The summed E-state index contributed by atoms with van der Waals surface area (Å²) in [5.41, 5.74) is 1.16. The van der Waals surface area contributed by atoms with Gasteiger partial charge < -0.3 is 9.32 Å². The largest absolute Gasteiger partial charge is 0.459 e. The lowest BCUT2D eigenvalue weighted by Crippen LogP contribution is -2.32. The van der Waals surface area contributed by atoms with Crippen LogP contribution in [-0.2, 0) is 0 Å². The number of amides is 1. The highest BCUT2D eigenvalue weighted by molar-refractivity contribution is 7.99. The van der Waals surface area contributed by atoms with Crippen LogP contribution in [0.1, 0.15) is 27.8 Å². The lowest BCUT2D eigenvalue weighted by molar-refractivity contribution is 0.0734. The summed E-state index contributed by atoms with van der Waals surface area (Å²) in [7, 11) is 0. The number of nitrogens with zero attached hydrogens (tertiary/aromatic N) is 1. The third-order valence-electron chi connectivity index (χ3n) is 3.61. The van der Waals surface area contributed by atoms with Gasteiger partial charge in [-0.1, -0.05) is 29.8 Å². The van der Waals surface area contributed by atoms with Gasteiger partial charge in [0.15, 0.2) is 5.76 Å². The van der Waals surface area contributed by atoms with E-state index in [-0.39, 0.29) is 5.91 Å². The van der Waals surface area contributed by atoms with Crippen LogP contribution in [0.2, 0.25) is 5.02 Å². The van der Waals surface area contributed by atoms with Crippen molar-refractivity contribution in [2.45, 2.75) is 11.7 Å². The second-order valence-corrected chi connectivity index (χ2v) is 6.66. The molecule has 0 unspecified atom stereocenters. The van der Waals surface area contributed by atoms with E-state index in [0.29, 0.717) is 11.0 Å². The minimum Gasteiger partial charge on any atom is -0.459 e. The number of furan rings is 1. The molecule has 1 amide bonds. The van der Waals surface area contributed by atoms with Crippen molar-refractivity contribution in [3.63, 3.8) is 0 Å². The molecule has 3 nitrogen and oxygen atoms in total. The molecule has 1 aliphatic heterocycles. The first-order valence-electron chi connectivity index (χ1n) is 6.94. The fourth-order valence-corrected chi connectivity index (χ4v) is 4.11. The van der Waals surface area contributed by atoms with Gasteiger partial charge >= 0.3 is 0 Å². The molecule has 0 N–H and O–H groups in total. The number of carbonyl (C=O) groups is 1. The van der Waals surface area contributed by atoms with Crippen LogP contribution in [0.4, 0.5) is 0 Å². The molecule has 0 radical (unpaired) electrons. The molecule has 0 aliphatic carbocycles. The fourth-order valence-electron chi connectivity index (χ4n) is 2.51. The van der Waals surface area contributed by atoms with E-state index in [1.807, 2.05) is 34.9 Å². The summed E-state index contributed by atoms with van der Waals surface area (Å²) in [6, 6.07) is 11.4. The number of rotatable bonds is 2. The summed E-state index contributed by atoms with van der Waals surface area (Å²) in [6.45, 7) is 1.47. The zero-order valence-electron chi connectivity index (χ0n) is 11.5. The van der Waals surface area contributed by atoms with Crippen LogP contribution < -0.4 is 0 Å². The second-order valence-electron chi connectivity index (χ2n) is 4.94. The number of benzene rings is 1. The van der Waals surface area contributed by atoms with Gasteiger partial charge in [0.25, 0.3) is 5.91 Å². The maximum absolute atomic E-state index is 12.3. The molecule has 2 heterocycles. The second kappa shape index (κ2) is 6.58. The zero-order chi connectivity index (χ0) is 14.7. The topological polar surface area (TPSA) is 33.5 Å². The van der Waals surface area contributed by atoms with Gasteiger partial charge in [0.1, 0.15) is 0 Å². The predicted octanol–water partition coefficient (Wildman–Crippen LogP) is 4.25. The van der Waals surface area contributed by atoms with Crippen molar-refractivity contribution in [2.75, 3.05) is 18.8 Å².